The van der Waals surface area contributed by atoms with E-state index in [0.29, 0.717) is 13.0 Å². The van der Waals surface area contributed by atoms with E-state index in [1.54, 1.807) is 17.0 Å². The summed E-state index contributed by atoms with van der Waals surface area (Å²) in [4.78, 5) is 15.9. The van der Waals surface area contributed by atoms with Crippen molar-refractivity contribution in [1.29, 1.82) is 0 Å². The molecule has 18 heavy (non-hydrogen) atoms. The Morgan fingerprint density at radius 3 is 2.89 bits per heavy atom. The molecular formula is C12H17ClN2O3. The molecule has 6 heteroatoms. The van der Waals surface area contributed by atoms with Crippen molar-refractivity contribution in [2.75, 3.05) is 27.2 Å². The molecule has 1 fully saturated rings. The molecule has 0 saturated carbocycles. The molecule has 0 bridgehead atoms. The van der Waals surface area contributed by atoms with E-state index in [1.807, 2.05) is 19.0 Å². The second-order valence-corrected chi connectivity index (χ2v) is 5.24. The van der Waals surface area contributed by atoms with Gasteiger partial charge in [-0.15, -0.1) is 0 Å². The number of likely N-dealkylation sites (N-methyl/N-ethyl adjacent to an activating group) is 1. The highest BCUT2D eigenvalue weighted by Gasteiger charge is 2.35. The fourth-order valence-electron chi connectivity index (χ4n) is 2.31. The lowest BCUT2D eigenvalue weighted by atomic mass is 10.2. The fourth-order valence-corrected chi connectivity index (χ4v) is 2.45. The van der Waals surface area contributed by atoms with Crippen molar-refractivity contribution in [3.05, 3.63) is 23.1 Å². The van der Waals surface area contributed by atoms with Crippen LogP contribution in [0, 0.1) is 0 Å². The summed E-state index contributed by atoms with van der Waals surface area (Å²) in [7, 11) is 3.88. The van der Waals surface area contributed by atoms with Crippen molar-refractivity contribution in [3.63, 3.8) is 0 Å². The summed E-state index contributed by atoms with van der Waals surface area (Å²) in [6, 6.07) is 3.11. The first-order valence-electron chi connectivity index (χ1n) is 5.86. The number of halogens is 1. The van der Waals surface area contributed by atoms with Crippen LogP contribution in [0.1, 0.15) is 17.0 Å². The first-order valence-corrected chi connectivity index (χ1v) is 6.24. The molecule has 1 aliphatic heterocycles. The molecule has 2 unspecified atom stereocenters. The Balaban J connectivity index is 2.12. The summed E-state index contributed by atoms with van der Waals surface area (Å²) < 4.78 is 5.13. The molecule has 100 valence electrons. The number of aliphatic hydroxyl groups is 1. The van der Waals surface area contributed by atoms with Gasteiger partial charge in [0, 0.05) is 19.1 Å². The Hall–Kier alpha value is -1.04. The number of nitrogens with zero attached hydrogens (tertiary/aromatic N) is 2. The monoisotopic (exact) mass is 272 g/mol. The second kappa shape index (κ2) is 5.30. The summed E-state index contributed by atoms with van der Waals surface area (Å²) in [5.41, 5.74) is 0. The minimum Gasteiger partial charge on any atom is -0.440 e. The van der Waals surface area contributed by atoms with Crippen LogP contribution in [-0.2, 0) is 0 Å². The average Bonchev–Trinajstić information content (AvgIpc) is 2.83. The fraction of sp³-hybridized carbons (Fsp3) is 0.583. The van der Waals surface area contributed by atoms with Gasteiger partial charge in [0.1, 0.15) is 0 Å². The predicted molar refractivity (Wildman–Crippen MR) is 67.7 cm³/mol. The normalized spacial score (nSPS) is 23.9. The number of hydrogen-bond donors (Lipinski definition) is 1. The molecule has 2 rings (SSSR count). The predicted octanol–water partition coefficient (Wildman–Crippen LogP) is 1.07. The van der Waals surface area contributed by atoms with E-state index in [9.17, 15) is 9.90 Å². The number of likely N-dealkylation sites (tertiary alicyclic amines) is 1. The Morgan fingerprint density at radius 1 is 1.61 bits per heavy atom. The second-order valence-electron chi connectivity index (χ2n) is 4.87. The Morgan fingerprint density at radius 2 is 2.33 bits per heavy atom. The molecule has 1 aromatic heterocycles. The number of amides is 1. The van der Waals surface area contributed by atoms with Crippen LogP contribution in [0.5, 0.6) is 0 Å². The van der Waals surface area contributed by atoms with Gasteiger partial charge in [-0.1, -0.05) is 0 Å². The molecular weight excluding hydrogens is 256 g/mol. The molecule has 0 radical (unpaired) electrons. The van der Waals surface area contributed by atoms with Crippen LogP contribution < -0.4 is 0 Å². The molecule has 1 saturated heterocycles. The van der Waals surface area contributed by atoms with E-state index in [2.05, 4.69) is 0 Å². The number of hydrogen-bond acceptors (Lipinski definition) is 4. The summed E-state index contributed by atoms with van der Waals surface area (Å²) in [5.74, 6) is 0.00292. The van der Waals surface area contributed by atoms with Gasteiger partial charge in [0.2, 0.25) is 0 Å². The van der Waals surface area contributed by atoms with Crippen molar-refractivity contribution in [3.8, 4) is 0 Å². The maximum atomic E-state index is 12.2. The quantitative estimate of drug-likeness (QED) is 0.894. The molecule has 1 aromatic rings. The van der Waals surface area contributed by atoms with Gasteiger partial charge in [-0.3, -0.25) is 4.79 Å². The highest BCUT2D eigenvalue weighted by molar-refractivity contribution is 6.29. The molecule has 1 amide bonds. The van der Waals surface area contributed by atoms with Crippen LogP contribution in [0.2, 0.25) is 5.22 Å². The molecule has 1 aliphatic rings. The van der Waals surface area contributed by atoms with Crippen molar-refractivity contribution >= 4 is 17.5 Å². The van der Waals surface area contributed by atoms with E-state index >= 15 is 0 Å². The van der Waals surface area contributed by atoms with Gasteiger partial charge in [-0.2, -0.15) is 0 Å². The lowest BCUT2D eigenvalue weighted by Gasteiger charge is -2.25. The van der Waals surface area contributed by atoms with E-state index < -0.39 is 6.10 Å². The Bertz CT molecular complexity index is 433. The van der Waals surface area contributed by atoms with Crippen molar-refractivity contribution in [1.82, 2.24) is 9.80 Å². The van der Waals surface area contributed by atoms with Crippen LogP contribution in [0.4, 0.5) is 0 Å². The van der Waals surface area contributed by atoms with Crippen LogP contribution in [-0.4, -0.2) is 60.1 Å². The summed E-state index contributed by atoms with van der Waals surface area (Å²) in [5, 5.41) is 9.91. The molecule has 5 nitrogen and oxygen atoms in total. The maximum absolute atomic E-state index is 12.2. The van der Waals surface area contributed by atoms with Crippen LogP contribution >= 0.6 is 11.6 Å². The number of rotatable bonds is 3. The van der Waals surface area contributed by atoms with E-state index in [1.165, 1.54) is 0 Å². The highest BCUT2D eigenvalue weighted by atomic mass is 35.5. The van der Waals surface area contributed by atoms with Gasteiger partial charge in [0.15, 0.2) is 11.0 Å². The third-order valence-electron chi connectivity index (χ3n) is 3.01. The number of carbonyl (C=O) groups excluding carboxylic acids is 1. The number of aliphatic hydroxyl groups excluding tert-OH is 1. The van der Waals surface area contributed by atoms with Gasteiger partial charge in [-0.25, -0.2) is 0 Å². The summed E-state index contributed by atoms with van der Waals surface area (Å²) in [6.07, 6.45) is 0.127. The Kier molecular flexibility index (Phi) is 3.94. The zero-order chi connectivity index (χ0) is 13.3. The van der Waals surface area contributed by atoms with Gasteiger partial charge < -0.3 is 19.3 Å². The van der Waals surface area contributed by atoms with E-state index in [0.717, 1.165) is 6.54 Å². The topological polar surface area (TPSA) is 56.9 Å². The van der Waals surface area contributed by atoms with E-state index in [-0.39, 0.29) is 22.9 Å². The summed E-state index contributed by atoms with van der Waals surface area (Å²) >= 11 is 5.67. The Labute approximate surface area is 111 Å². The zero-order valence-electron chi connectivity index (χ0n) is 10.5. The maximum Gasteiger partial charge on any atom is 0.290 e. The number of furan rings is 1. The smallest absolute Gasteiger partial charge is 0.290 e. The zero-order valence-corrected chi connectivity index (χ0v) is 11.2. The SMILES string of the molecule is CN(C)CC1CC(O)CN1C(=O)c1ccc(Cl)o1. The van der Waals surface area contributed by atoms with Crippen LogP contribution in [0.3, 0.4) is 0 Å². The van der Waals surface area contributed by atoms with Crippen LogP contribution in [0.15, 0.2) is 16.5 Å². The van der Waals surface area contributed by atoms with Crippen molar-refractivity contribution in [2.24, 2.45) is 0 Å². The number of β-amino-alcohol motifs (C(OH)–C–C–N with tert-alkyl or cyclic N) is 1. The van der Waals surface area contributed by atoms with Crippen LogP contribution in [0.25, 0.3) is 0 Å². The lowest BCUT2D eigenvalue weighted by molar-refractivity contribution is 0.0667. The first-order chi connectivity index (χ1) is 8.47. The minimum absolute atomic E-state index is 0.00590. The van der Waals surface area contributed by atoms with Gasteiger partial charge in [-0.05, 0) is 44.2 Å². The van der Waals surface area contributed by atoms with Crippen molar-refractivity contribution in [2.45, 2.75) is 18.6 Å². The molecule has 0 spiro atoms. The third-order valence-corrected chi connectivity index (χ3v) is 3.22. The van der Waals surface area contributed by atoms with Gasteiger partial charge >= 0.3 is 0 Å². The standard InChI is InChI=1S/C12H17ClN2O3/c1-14(2)6-8-5-9(16)7-15(8)12(17)10-3-4-11(13)18-10/h3-4,8-9,16H,5-7H2,1-2H3. The lowest BCUT2D eigenvalue weighted by Crippen LogP contribution is -2.41. The number of carbonyl (C=O) groups is 1. The minimum atomic E-state index is -0.468. The molecule has 1 N–H and O–H groups in total. The first kappa shape index (κ1) is 13.4. The summed E-state index contributed by atoms with van der Waals surface area (Å²) in [6.45, 7) is 1.06. The molecule has 2 atom stereocenters. The van der Waals surface area contributed by atoms with E-state index in [4.69, 9.17) is 16.0 Å². The average molecular weight is 273 g/mol. The molecule has 0 aromatic carbocycles. The van der Waals surface area contributed by atoms with Crippen molar-refractivity contribution < 1.29 is 14.3 Å². The molecule has 0 aliphatic carbocycles. The largest absolute Gasteiger partial charge is 0.440 e. The van der Waals surface area contributed by atoms with Gasteiger partial charge in [0.05, 0.1) is 6.10 Å². The highest BCUT2D eigenvalue weighted by Crippen LogP contribution is 2.23. The van der Waals surface area contributed by atoms with Gasteiger partial charge in [0.25, 0.3) is 5.91 Å². The third kappa shape index (κ3) is 2.85. The molecule has 2 heterocycles.